The summed E-state index contributed by atoms with van der Waals surface area (Å²) in [6.07, 6.45) is 0.959. The van der Waals surface area contributed by atoms with E-state index >= 15 is 0 Å². The van der Waals surface area contributed by atoms with Crippen LogP contribution in [0.1, 0.15) is 27.2 Å². The second kappa shape index (κ2) is 14.3. The fourth-order valence-corrected chi connectivity index (χ4v) is 1.20. The minimum atomic E-state index is 0. The first kappa shape index (κ1) is 21.2. The van der Waals surface area contributed by atoms with Crippen molar-refractivity contribution in [2.75, 3.05) is 40.5 Å². The second-order valence-electron chi connectivity index (χ2n) is 4.63. The molecule has 0 aromatic rings. The normalized spacial score (nSPS) is 13.1. The van der Waals surface area contributed by atoms with Gasteiger partial charge in [0.1, 0.15) is 0 Å². The van der Waals surface area contributed by atoms with Gasteiger partial charge in [-0.15, -0.1) is 24.0 Å². The summed E-state index contributed by atoms with van der Waals surface area (Å²) in [5, 5.41) is 6.63. The zero-order chi connectivity index (χ0) is 13.8. The summed E-state index contributed by atoms with van der Waals surface area (Å²) in [4.78, 5) is 4.19. The maximum atomic E-state index is 5.38. The highest BCUT2D eigenvalue weighted by molar-refractivity contribution is 14.0. The van der Waals surface area contributed by atoms with Crippen molar-refractivity contribution in [3.63, 3.8) is 0 Å². The van der Waals surface area contributed by atoms with E-state index < -0.39 is 0 Å². The molecule has 0 aromatic heterocycles. The molecule has 5 nitrogen and oxygen atoms in total. The van der Waals surface area contributed by atoms with Gasteiger partial charge in [0.05, 0.1) is 13.2 Å². The Morgan fingerprint density at radius 3 is 2.37 bits per heavy atom. The summed E-state index contributed by atoms with van der Waals surface area (Å²) in [6.45, 7) is 9.45. The second-order valence-corrected chi connectivity index (χ2v) is 4.63. The Kier molecular flexibility index (Phi) is 16.0. The minimum Gasteiger partial charge on any atom is -0.382 e. The smallest absolute Gasteiger partial charge is 0.191 e. The number of guanidine groups is 1. The summed E-state index contributed by atoms with van der Waals surface area (Å²) in [5.74, 6) is 1.44. The van der Waals surface area contributed by atoms with Crippen LogP contribution in [0.4, 0.5) is 0 Å². The molecule has 0 aromatic carbocycles. The molecule has 1 atom stereocenters. The number of nitrogens with one attached hydrogen (secondary N) is 2. The number of ether oxygens (including phenoxy) is 2. The van der Waals surface area contributed by atoms with Crippen molar-refractivity contribution >= 4 is 29.9 Å². The van der Waals surface area contributed by atoms with Gasteiger partial charge in [0.25, 0.3) is 0 Å². The Morgan fingerprint density at radius 2 is 1.84 bits per heavy atom. The van der Waals surface area contributed by atoms with Gasteiger partial charge in [-0.3, -0.25) is 4.99 Å². The molecule has 19 heavy (non-hydrogen) atoms. The predicted molar refractivity (Wildman–Crippen MR) is 91.5 cm³/mol. The lowest BCUT2D eigenvalue weighted by atomic mass is 10.1. The standard InChI is InChI=1S/C13H29N3O2.HI/c1-11(2)12(3)16-13(14-4)15-7-6-8-18-10-9-17-5;/h11-12H,6-10H2,1-5H3,(H2,14,15,16);1H. The van der Waals surface area contributed by atoms with E-state index in [2.05, 4.69) is 36.4 Å². The van der Waals surface area contributed by atoms with Crippen LogP contribution < -0.4 is 10.6 Å². The molecule has 0 spiro atoms. The van der Waals surface area contributed by atoms with Gasteiger partial charge in [0.2, 0.25) is 0 Å². The van der Waals surface area contributed by atoms with E-state index in [9.17, 15) is 0 Å². The number of halogens is 1. The first-order valence-electron chi connectivity index (χ1n) is 6.65. The molecule has 0 fully saturated rings. The van der Waals surface area contributed by atoms with Crippen molar-refractivity contribution in [3.05, 3.63) is 0 Å². The van der Waals surface area contributed by atoms with E-state index in [1.54, 1.807) is 14.2 Å². The van der Waals surface area contributed by atoms with Crippen molar-refractivity contribution < 1.29 is 9.47 Å². The molecule has 0 rings (SSSR count). The van der Waals surface area contributed by atoms with Gasteiger partial charge in [-0.25, -0.2) is 0 Å². The number of aliphatic imine (C=N–C) groups is 1. The number of hydrogen-bond acceptors (Lipinski definition) is 3. The van der Waals surface area contributed by atoms with Crippen molar-refractivity contribution in [3.8, 4) is 0 Å². The highest BCUT2D eigenvalue weighted by Gasteiger charge is 2.08. The molecule has 0 radical (unpaired) electrons. The molecule has 0 aliphatic rings. The summed E-state index contributed by atoms with van der Waals surface area (Å²) >= 11 is 0. The zero-order valence-electron chi connectivity index (χ0n) is 12.9. The van der Waals surface area contributed by atoms with E-state index in [-0.39, 0.29) is 24.0 Å². The molecule has 116 valence electrons. The molecule has 0 bridgehead atoms. The van der Waals surface area contributed by atoms with Crippen LogP contribution in [0.15, 0.2) is 4.99 Å². The van der Waals surface area contributed by atoms with Gasteiger partial charge in [0, 0.05) is 33.4 Å². The summed E-state index contributed by atoms with van der Waals surface area (Å²) in [6, 6.07) is 0.411. The number of hydrogen-bond donors (Lipinski definition) is 2. The fourth-order valence-electron chi connectivity index (χ4n) is 1.20. The summed E-state index contributed by atoms with van der Waals surface area (Å²) < 4.78 is 10.3. The van der Waals surface area contributed by atoms with E-state index in [1.807, 2.05) is 0 Å². The third-order valence-electron chi connectivity index (χ3n) is 2.78. The molecule has 0 saturated carbocycles. The molecule has 0 aliphatic carbocycles. The summed E-state index contributed by atoms with van der Waals surface area (Å²) in [5.41, 5.74) is 0. The highest BCUT2D eigenvalue weighted by atomic mass is 127. The zero-order valence-corrected chi connectivity index (χ0v) is 15.2. The van der Waals surface area contributed by atoms with Gasteiger partial charge in [-0.05, 0) is 19.3 Å². The van der Waals surface area contributed by atoms with Crippen LogP contribution in [-0.2, 0) is 9.47 Å². The lowest BCUT2D eigenvalue weighted by Crippen LogP contribution is -2.44. The van der Waals surface area contributed by atoms with Crippen LogP contribution in [0, 0.1) is 5.92 Å². The van der Waals surface area contributed by atoms with Gasteiger partial charge >= 0.3 is 0 Å². The SMILES string of the molecule is CN=C(NCCCOCCOC)NC(C)C(C)C.I. The van der Waals surface area contributed by atoms with Crippen LogP contribution >= 0.6 is 24.0 Å². The lowest BCUT2D eigenvalue weighted by Gasteiger charge is -2.20. The highest BCUT2D eigenvalue weighted by Crippen LogP contribution is 1.98. The summed E-state index contributed by atoms with van der Waals surface area (Å²) in [7, 11) is 3.47. The Balaban J connectivity index is 0. The van der Waals surface area contributed by atoms with E-state index in [0.29, 0.717) is 25.2 Å². The average Bonchev–Trinajstić information content (AvgIpc) is 2.35. The molecule has 6 heteroatoms. The van der Waals surface area contributed by atoms with Crippen LogP contribution in [0.25, 0.3) is 0 Å². The topological polar surface area (TPSA) is 54.9 Å². The van der Waals surface area contributed by atoms with Crippen LogP contribution in [0.3, 0.4) is 0 Å². The van der Waals surface area contributed by atoms with Gasteiger partial charge in [-0.1, -0.05) is 13.8 Å². The van der Waals surface area contributed by atoms with Crippen LogP contribution in [-0.4, -0.2) is 52.5 Å². The third kappa shape index (κ3) is 12.7. The van der Waals surface area contributed by atoms with Crippen LogP contribution in [0.2, 0.25) is 0 Å². The van der Waals surface area contributed by atoms with E-state index in [4.69, 9.17) is 9.47 Å². The van der Waals surface area contributed by atoms with E-state index in [0.717, 1.165) is 25.5 Å². The van der Waals surface area contributed by atoms with Gasteiger partial charge in [-0.2, -0.15) is 0 Å². The molecule has 0 amide bonds. The largest absolute Gasteiger partial charge is 0.382 e. The quantitative estimate of drug-likeness (QED) is 0.275. The van der Waals surface area contributed by atoms with Crippen molar-refractivity contribution in [2.24, 2.45) is 10.9 Å². The average molecular weight is 387 g/mol. The van der Waals surface area contributed by atoms with Crippen LogP contribution in [0.5, 0.6) is 0 Å². The maximum Gasteiger partial charge on any atom is 0.191 e. The number of rotatable bonds is 9. The Bertz CT molecular complexity index is 226. The van der Waals surface area contributed by atoms with Crippen molar-refractivity contribution in [2.45, 2.75) is 33.2 Å². The Morgan fingerprint density at radius 1 is 1.16 bits per heavy atom. The predicted octanol–water partition coefficient (Wildman–Crippen LogP) is 1.87. The first-order valence-corrected chi connectivity index (χ1v) is 6.65. The molecular formula is C13H30IN3O2. The maximum absolute atomic E-state index is 5.38. The van der Waals surface area contributed by atoms with E-state index in [1.165, 1.54) is 0 Å². The Hall–Kier alpha value is -0.0800. The third-order valence-corrected chi connectivity index (χ3v) is 2.78. The van der Waals surface area contributed by atoms with Gasteiger partial charge < -0.3 is 20.1 Å². The molecule has 2 N–H and O–H groups in total. The molecule has 0 aliphatic heterocycles. The monoisotopic (exact) mass is 387 g/mol. The molecule has 0 saturated heterocycles. The molecular weight excluding hydrogens is 357 g/mol. The minimum absolute atomic E-state index is 0. The van der Waals surface area contributed by atoms with Gasteiger partial charge in [0.15, 0.2) is 5.96 Å². The fraction of sp³-hybridized carbons (Fsp3) is 0.923. The number of methoxy groups -OCH3 is 1. The molecule has 0 heterocycles. The van der Waals surface area contributed by atoms with Crippen molar-refractivity contribution in [1.29, 1.82) is 0 Å². The Labute approximate surface area is 134 Å². The lowest BCUT2D eigenvalue weighted by molar-refractivity contribution is 0.0698. The number of nitrogens with zero attached hydrogens (tertiary/aromatic N) is 1. The molecule has 1 unspecified atom stereocenters. The van der Waals surface area contributed by atoms with Crippen molar-refractivity contribution in [1.82, 2.24) is 10.6 Å². The first-order chi connectivity index (χ1) is 8.61.